The van der Waals surface area contributed by atoms with Crippen LogP contribution in [0.3, 0.4) is 0 Å². The second-order valence-corrected chi connectivity index (χ2v) is 4.93. The maximum Gasteiger partial charge on any atom is 0.329 e. The third-order valence-corrected chi connectivity index (χ3v) is 3.37. The smallest absolute Gasteiger partial charge is 0.329 e. The summed E-state index contributed by atoms with van der Waals surface area (Å²) in [5.41, 5.74) is 0.0515. The van der Waals surface area contributed by atoms with Crippen molar-refractivity contribution in [1.82, 2.24) is 5.32 Å². The summed E-state index contributed by atoms with van der Waals surface area (Å²) in [6.45, 7) is 0. The molecule has 0 aliphatic heterocycles. The van der Waals surface area contributed by atoms with Gasteiger partial charge in [-0.15, -0.1) is 0 Å². The van der Waals surface area contributed by atoms with Crippen molar-refractivity contribution in [3.63, 3.8) is 0 Å². The van der Waals surface area contributed by atoms with Gasteiger partial charge in [0.1, 0.15) is 11.8 Å². The maximum absolute atomic E-state index is 12.3. The number of hydrogen-bond donors (Lipinski definition) is 2. The molecule has 2 atom stereocenters. The lowest BCUT2D eigenvalue weighted by Crippen LogP contribution is -2.50. The maximum atomic E-state index is 12.3. The highest BCUT2D eigenvalue weighted by Crippen LogP contribution is 2.16. The number of phenols is 1. The number of methoxy groups -OCH3 is 3. The molecule has 0 radical (unpaired) electrons. The Hall–Kier alpha value is -3.10. The van der Waals surface area contributed by atoms with Crippen molar-refractivity contribution in [2.75, 3.05) is 21.3 Å². The van der Waals surface area contributed by atoms with Crippen LogP contribution in [0.1, 0.15) is 16.8 Å². The summed E-state index contributed by atoms with van der Waals surface area (Å²) in [7, 11) is 3.27. The van der Waals surface area contributed by atoms with Gasteiger partial charge in [0.05, 0.1) is 33.7 Å². The number of esters is 3. The van der Waals surface area contributed by atoms with E-state index in [9.17, 15) is 24.3 Å². The number of amides is 1. The van der Waals surface area contributed by atoms with Gasteiger partial charge in [0.2, 0.25) is 0 Å². The number of ether oxygens (including phenoxy) is 3. The molecule has 0 bridgehead atoms. The van der Waals surface area contributed by atoms with E-state index in [2.05, 4.69) is 19.5 Å². The number of rotatable bonds is 7. The highest BCUT2D eigenvalue weighted by atomic mass is 16.5. The zero-order valence-corrected chi connectivity index (χ0v) is 14.0. The van der Waals surface area contributed by atoms with Gasteiger partial charge in [0.15, 0.2) is 0 Å². The molecular weight excluding hydrogens is 334 g/mol. The molecule has 2 N–H and O–H groups in total. The number of carbonyl (C=O) groups is 4. The lowest BCUT2D eigenvalue weighted by molar-refractivity contribution is -0.158. The Kier molecular flexibility index (Phi) is 7.39. The summed E-state index contributed by atoms with van der Waals surface area (Å²) in [4.78, 5) is 47.8. The van der Waals surface area contributed by atoms with Crippen molar-refractivity contribution >= 4 is 23.8 Å². The van der Waals surface area contributed by atoms with E-state index >= 15 is 0 Å². The predicted molar refractivity (Wildman–Crippen MR) is 83.5 cm³/mol. The van der Waals surface area contributed by atoms with Crippen molar-refractivity contribution in [1.29, 1.82) is 0 Å². The first kappa shape index (κ1) is 19.9. The molecule has 0 saturated heterocycles. The first-order valence-electron chi connectivity index (χ1n) is 7.16. The third-order valence-electron chi connectivity index (χ3n) is 3.37. The zero-order valence-electron chi connectivity index (χ0n) is 14.0. The third kappa shape index (κ3) is 5.48. The topological polar surface area (TPSA) is 128 Å². The molecule has 0 heterocycles. The molecule has 1 amide bonds. The van der Waals surface area contributed by atoms with Gasteiger partial charge in [-0.1, -0.05) is 6.07 Å². The Balaban J connectivity index is 3.11. The lowest BCUT2D eigenvalue weighted by atomic mass is 9.95. The molecule has 0 spiro atoms. The SMILES string of the molecule is COC(=O)C[C@H](C(=O)OC)[C@H](NC(=O)c1cccc(O)c1)C(=O)OC. The van der Waals surface area contributed by atoms with Crippen LogP contribution >= 0.6 is 0 Å². The molecule has 0 aromatic heterocycles. The van der Waals surface area contributed by atoms with Gasteiger partial charge in [0.25, 0.3) is 5.91 Å². The molecule has 136 valence electrons. The Labute approximate surface area is 143 Å². The van der Waals surface area contributed by atoms with Crippen LogP contribution in [0.5, 0.6) is 5.75 Å². The van der Waals surface area contributed by atoms with Gasteiger partial charge in [0, 0.05) is 5.56 Å². The number of nitrogens with one attached hydrogen (secondary N) is 1. The largest absolute Gasteiger partial charge is 0.508 e. The minimum Gasteiger partial charge on any atom is -0.508 e. The van der Waals surface area contributed by atoms with Gasteiger partial charge in [-0.2, -0.15) is 0 Å². The molecule has 0 aliphatic rings. The average Bonchev–Trinajstić information content (AvgIpc) is 2.62. The molecule has 9 heteroatoms. The molecule has 0 fully saturated rings. The average molecular weight is 353 g/mol. The molecule has 1 rings (SSSR count). The number of phenolic OH excluding ortho intramolecular Hbond substituents is 1. The first-order valence-corrected chi connectivity index (χ1v) is 7.16. The van der Waals surface area contributed by atoms with Gasteiger partial charge in [-0.05, 0) is 18.2 Å². The molecule has 25 heavy (non-hydrogen) atoms. The summed E-state index contributed by atoms with van der Waals surface area (Å²) in [6.07, 6.45) is -0.497. The fourth-order valence-electron chi connectivity index (χ4n) is 2.07. The summed E-state index contributed by atoms with van der Waals surface area (Å²) >= 11 is 0. The van der Waals surface area contributed by atoms with E-state index in [0.29, 0.717) is 0 Å². The number of carbonyl (C=O) groups excluding carboxylic acids is 4. The lowest BCUT2D eigenvalue weighted by Gasteiger charge is -2.23. The monoisotopic (exact) mass is 353 g/mol. The van der Waals surface area contributed by atoms with Crippen LogP contribution in [-0.2, 0) is 28.6 Å². The van der Waals surface area contributed by atoms with Crippen molar-refractivity contribution < 1.29 is 38.5 Å². The summed E-state index contributed by atoms with van der Waals surface area (Å²) in [5, 5.41) is 11.8. The number of benzene rings is 1. The second kappa shape index (κ2) is 9.26. The van der Waals surface area contributed by atoms with Gasteiger partial charge >= 0.3 is 17.9 Å². The molecular formula is C16H19NO8. The molecule has 0 saturated carbocycles. The van der Waals surface area contributed by atoms with E-state index in [1.165, 1.54) is 24.3 Å². The highest BCUT2D eigenvalue weighted by molar-refractivity contribution is 5.98. The minimum atomic E-state index is -1.48. The van der Waals surface area contributed by atoms with E-state index < -0.39 is 42.2 Å². The van der Waals surface area contributed by atoms with Crippen LogP contribution in [0.2, 0.25) is 0 Å². The molecule has 0 unspecified atom stereocenters. The van der Waals surface area contributed by atoms with Crippen LogP contribution in [0.25, 0.3) is 0 Å². The molecule has 9 nitrogen and oxygen atoms in total. The molecule has 1 aromatic rings. The van der Waals surface area contributed by atoms with E-state index in [4.69, 9.17) is 0 Å². The van der Waals surface area contributed by atoms with Crippen molar-refractivity contribution in [2.45, 2.75) is 12.5 Å². The van der Waals surface area contributed by atoms with Crippen LogP contribution in [0.15, 0.2) is 24.3 Å². The fourth-order valence-corrected chi connectivity index (χ4v) is 2.07. The molecule has 0 aliphatic carbocycles. The van der Waals surface area contributed by atoms with Crippen molar-refractivity contribution in [3.05, 3.63) is 29.8 Å². The Morgan fingerprint density at radius 2 is 1.68 bits per heavy atom. The van der Waals surface area contributed by atoms with E-state index in [1.54, 1.807) is 0 Å². The van der Waals surface area contributed by atoms with Gasteiger partial charge < -0.3 is 24.6 Å². The summed E-state index contributed by atoms with van der Waals surface area (Å²) < 4.78 is 13.7. The summed E-state index contributed by atoms with van der Waals surface area (Å²) in [6, 6.07) is 3.90. The number of hydrogen-bond acceptors (Lipinski definition) is 8. The second-order valence-electron chi connectivity index (χ2n) is 4.93. The fraction of sp³-hybridized carbons (Fsp3) is 0.375. The quantitative estimate of drug-likeness (QED) is 0.518. The minimum absolute atomic E-state index is 0.0515. The zero-order chi connectivity index (χ0) is 19.0. The van der Waals surface area contributed by atoms with Crippen LogP contribution in [0, 0.1) is 5.92 Å². The van der Waals surface area contributed by atoms with E-state index in [1.807, 2.05) is 0 Å². The number of aromatic hydroxyl groups is 1. The van der Waals surface area contributed by atoms with Gasteiger partial charge in [-0.25, -0.2) is 4.79 Å². The summed E-state index contributed by atoms with van der Waals surface area (Å²) in [5.74, 6) is -4.83. The van der Waals surface area contributed by atoms with Crippen LogP contribution in [0.4, 0.5) is 0 Å². The van der Waals surface area contributed by atoms with Crippen LogP contribution < -0.4 is 5.32 Å². The van der Waals surface area contributed by atoms with Crippen LogP contribution in [-0.4, -0.2) is 56.3 Å². The van der Waals surface area contributed by atoms with E-state index in [-0.39, 0.29) is 11.3 Å². The first-order chi connectivity index (χ1) is 11.8. The van der Waals surface area contributed by atoms with Gasteiger partial charge in [-0.3, -0.25) is 14.4 Å². The standard InChI is InChI=1S/C16H19NO8/c1-23-12(19)8-11(15(21)24-2)13(16(22)25-3)17-14(20)9-5-4-6-10(18)7-9/h4-7,11,13,18H,8H2,1-3H3,(H,17,20)/t11-,13-/m0/s1. The van der Waals surface area contributed by atoms with E-state index in [0.717, 1.165) is 21.3 Å². The van der Waals surface area contributed by atoms with Crippen molar-refractivity contribution in [3.8, 4) is 5.75 Å². The Bertz CT molecular complexity index is 657. The molecule has 1 aromatic carbocycles. The Morgan fingerprint density at radius 1 is 1.04 bits per heavy atom. The Morgan fingerprint density at radius 3 is 2.20 bits per heavy atom. The normalized spacial score (nSPS) is 12.4. The van der Waals surface area contributed by atoms with Crippen molar-refractivity contribution in [2.24, 2.45) is 5.92 Å². The highest BCUT2D eigenvalue weighted by Gasteiger charge is 2.38. The predicted octanol–water partition coefficient (Wildman–Crippen LogP) is 0.0159.